The Balaban J connectivity index is 1.60. The van der Waals surface area contributed by atoms with Gasteiger partial charge in [-0.15, -0.1) is 0 Å². The molecule has 0 aromatic heterocycles. The van der Waals surface area contributed by atoms with Crippen molar-refractivity contribution in [3.63, 3.8) is 0 Å². The van der Waals surface area contributed by atoms with Gasteiger partial charge in [0.15, 0.2) is 0 Å². The molecule has 0 aliphatic heterocycles. The monoisotopic (exact) mass is 554 g/mol. The molecule has 7 nitrogen and oxygen atoms in total. The summed E-state index contributed by atoms with van der Waals surface area (Å²) in [5, 5.41) is 0. The van der Waals surface area contributed by atoms with Crippen LogP contribution in [0.15, 0.2) is 11.8 Å². The molecular weight excluding hydrogens is 513 g/mol. The minimum Gasteiger partial charge on any atom is -0.380 e. The Hall–Kier alpha value is -0.880. The van der Waals surface area contributed by atoms with Crippen molar-refractivity contribution in [3.05, 3.63) is 11.8 Å². The Labute approximate surface area is 218 Å². The molecule has 7 atom stereocenters. The van der Waals surface area contributed by atoms with Crippen molar-refractivity contribution in [1.29, 1.82) is 0 Å². The van der Waals surface area contributed by atoms with Gasteiger partial charge in [0, 0.05) is 13.2 Å². The highest BCUT2D eigenvalue weighted by Crippen LogP contribution is 2.69. The van der Waals surface area contributed by atoms with E-state index in [0.717, 1.165) is 38.5 Å². The van der Waals surface area contributed by atoms with Gasteiger partial charge in [0.05, 0.1) is 17.1 Å². The summed E-state index contributed by atoms with van der Waals surface area (Å²) in [5.74, 6) is 0.652. The van der Waals surface area contributed by atoms with Crippen LogP contribution < -0.4 is 0 Å². The van der Waals surface area contributed by atoms with Crippen LogP contribution in [0.25, 0.3) is 0 Å². The minimum atomic E-state index is -5.78. The zero-order valence-corrected chi connectivity index (χ0v) is 23.1. The van der Waals surface area contributed by atoms with E-state index in [2.05, 4.69) is 6.92 Å². The van der Waals surface area contributed by atoms with Crippen LogP contribution in [0, 0.1) is 28.6 Å². The molecule has 0 bridgehead atoms. The number of fused-ring (bicyclic) bond motifs is 5. The summed E-state index contributed by atoms with van der Waals surface area (Å²) < 4.78 is 91.7. The first-order valence-corrected chi connectivity index (χ1v) is 14.9. The van der Waals surface area contributed by atoms with Gasteiger partial charge in [-0.1, -0.05) is 6.92 Å². The third-order valence-electron chi connectivity index (χ3n) is 9.94. The molecule has 3 saturated carbocycles. The summed E-state index contributed by atoms with van der Waals surface area (Å²) in [5.41, 5.74) is -7.35. The van der Waals surface area contributed by atoms with E-state index in [-0.39, 0.29) is 30.0 Å². The summed E-state index contributed by atoms with van der Waals surface area (Å²) in [4.78, 5) is 0. The summed E-state index contributed by atoms with van der Waals surface area (Å²) >= 11 is 0. The van der Waals surface area contributed by atoms with E-state index in [1.807, 2.05) is 13.8 Å². The van der Waals surface area contributed by atoms with E-state index >= 15 is 0 Å². The van der Waals surface area contributed by atoms with Gasteiger partial charge < -0.3 is 23.1 Å². The number of rotatable bonds is 10. The van der Waals surface area contributed by atoms with E-state index in [1.54, 1.807) is 6.92 Å². The van der Waals surface area contributed by atoms with Crippen LogP contribution in [-0.2, 0) is 33.2 Å². The molecule has 11 heteroatoms. The Kier molecular flexibility index (Phi) is 8.34. The smallest absolute Gasteiger partial charge is 0.380 e. The van der Waals surface area contributed by atoms with Crippen molar-refractivity contribution in [2.75, 3.05) is 26.8 Å². The molecule has 0 heterocycles. The first-order valence-electron chi connectivity index (χ1n) is 13.5. The molecule has 1 unspecified atom stereocenters. The molecule has 0 radical (unpaired) electrons. The zero-order valence-electron chi connectivity index (χ0n) is 22.3. The first kappa shape index (κ1) is 29.1. The molecule has 4 aliphatic carbocycles. The highest BCUT2D eigenvalue weighted by atomic mass is 32.2. The van der Waals surface area contributed by atoms with E-state index in [4.69, 9.17) is 23.1 Å². The van der Waals surface area contributed by atoms with E-state index in [9.17, 15) is 21.6 Å². The lowest BCUT2D eigenvalue weighted by Gasteiger charge is -2.64. The molecule has 37 heavy (non-hydrogen) atoms. The number of hydrogen-bond donors (Lipinski definition) is 0. The van der Waals surface area contributed by atoms with Gasteiger partial charge >= 0.3 is 15.6 Å². The van der Waals surface area contributed by atoms with Gasteiger partial charge in [0.2, 0.25) is 0 Å². The fraction of sp³-hybridized carbons (Fsp3) is 0.923. The van der Waals surface area contributed by atoms with Gasteiger partial charge in [-0.3, -0.25) is 0 Å². The molecular formula is C26H41F3O7S. The van der Waals surface area contributed by atoms with Crippen LogP contribution >= 0.6 is 0 Å². The highest BCUT2D eigenvalue weighted by molar-refractivity contribution is 7.87. The lowest BCUT2D eigenvalue weighted by Crippen LogP contribution is -2.63. The molecule has 0 aromatic rings. The topological polar surface area (TPSA) is 80.3 Å². The van der Waals surface area contributed by atoms with Crippen LogP contribution in [0.4, 0.5) is 13.2 Å². The van der Waals surface area contributed by atoms with Crippen molar-refractivity contribution < 1.29 is 44.7 Å². The number of halogens is 3. The summed E-state index contributed by atoms with van der Waals surface area (Å²) in [7, 11) is -5.78. The number of ether oxygens (including phenoxy) is 4. The third kappa shape index (κ3) is 4.96. The lowest BCUT2D eigenvalue weighted by molar-refractivity contribution is -0.257. The van der Waals surface area contributed by atoms with Crippen molar-refractivity contribution in [1.82, 2.24) is 0 Å². The fourth-order valence-corrected chi connectivity index (χ4v) is 8.50. The van der Waals surface area contributed by atoms with Gasteiger partial charge in [0.25, 0.3) is 0 Å². The van der Waals surface area contributed by atoms with E-state index in [0.29, 0.717) is 44.7 Å². The second kappa shape index (κ2) is 10.6. The quantitative estimate of drug-likeness (QED) is 0.144. The standard InChI is InChI=1S/C26H41F3O7S/c1-5-32-16-34-19-9-12-23(3)18(15-19)7-8-21-20(23)10-13-24(4)22(36-37(30,31)26(27,28)29)11-14-25(21,24)35-17-33-6-2/h11,18-21H,5-10,12-17H2,1-4H3/t18?,19-,20-,21+,23-,24+,25-/m0/s1. The van der Waals surface area contributed by atoms with Crippen LogP contribution in [0.2, 0.25) is 0 Å². The maximum atomic E-state index is 13.2. The molecule has 214 valence electrons. The van der Waals surface area contributed by atoms with E-state index in [1.165, 1.54) is 6.08 Å². The average molecular weight is 555 g/mol. The van der Waals surface area contributed by atoms with Gasteiger partial charge in [-0.05, 0) is 101 Å². The van der Waals surface area contributed by atoms with Gasteiger partial charge in [-0.25, -0.2) is 0 Å². The summed E-state index contributed by atoms with van der Waals surface area (Å²) in [6.45, 7) is 9.28. The van der Waals surface area contributed by atoms with Crippen LogP contribution in [0.5, 0.6) is 0 Å². The van der Waals surface area contributed by atoms with Crippen LogP contribution in [0.3, 0.4) is 0 Å². The minimum absolute atomic E-state index is 0.00403. The SMILES string of the molecule is CCOCO[C@H]1CC[C@@]2(C)C(CC[C@@H]3[C@@H]2CC[C@]2(C)C(OS(=O)(=O)C(F)(F)F)=CC[C@]32OCOCC)C1. The lowest BCUT2D eigenvalue weighted by atomic mass is 9.43. The fourth-order valence-electron chi connectivity index (χ4n) is 7.92. The van der Waals surface area contributed by atoms with Crippen molar-refractivity contribution >= 4 is 10.1 Å². The second-order valence-corrected chi connectivity index (χ2v) is 13.0. The molecule has 0 spiro atoms. The van der Waals surface area contributed by atoms with Gasteiger partial charge in [0.1, 0.15) is 19.3 Å². The second-order valence-electron chi connectivity index (χ2n) is 11.4. The summed E-state index contributed by atoms with van der Waals surface area (Å²) in [6, 6.07) is 0. The molecule has 0 saturated heterocycles. The Bertz CT molecular complexity index is 954. The molecule has 4 rings (SSSR count). The maximum absolute atomic E-state index is 13.2. The number of alkyl halides is 3. The zero-order chi connectivity index (χ0) is 27.1. The molecule has 3 fully saturated rings. The average Bonchev–Trinajstić information content (AvgIpc) is 3.10. The largest absolute Gasteiger partial charge is 0.534 e. The number of hydrogen-bond acceptors (Lipinski definition) is 7. The predicted octanol–water partition coefficient (Wildman–Crippen LogP) is 5.90. The molecule has 4 aliphatic rings. The van der Waals surface area contributed by atoms with Crippen molar-refractivity contribution in [2.45, 2.75) is 96.3 Å². The maximum Gasteiger partial charge on any atom is 0.534 e. The molecule has 0 aromatic carbocycles. The van der Waals surface area contributed by atoms with E-state index < -0.39 is 26.6 Å². The predicted molar refractivity (Wildman–Crippen MR) is 129 cm³/mol. The van der Waals surface area contributed by atoms with Crippen LogP contribution in [0.1, 0.15) is 79.1 Å². The van der Waals surface area contributed by atoms with Crippen LogP contribution in [-0.4, -0.2) is 52.4 Å². The normalized spacial score (nSPS) is 39.9. The summed E-state index contributed by atoms with van der Waals surface area (Å²) in [6.07, 6.45) is 7.91. The molecule has 0 amide bonds. The third-order valence-corrected chi connectivity index (χ3v) is 10.9. The Morgan fingerprint density at radius 1 is 0.973 bits per heavy atom. The van der Waals surface area contributed by atoms with Gasteiger partial charge in [-0.2, -0.15) is 21.6 Å². The van der Waals surface area contributed by atoms with Crippen molar-refractivity contribution in [2.24, 2.45) is 28.6 Å². The Morgan fingerprint density at radius 3 is 2.35 bits per heavy atom. The molecule has 0 N–H and O–H groups in total. The highest BCUT2D eigenvalue weighted by Gasteiger charge is 2.68. The van der Waals surface area contributed by atoms with Crippen molar-refractivity contribution in [3.8, 4) is 0 Å². The first-order chi connectivity index (χ1) is 17.3. The Morgan fingerprint density at radius 2 is 1.68 bits per heavy atom.